The summed E-state index contributed by atoms with van der Waals surface area (Å²) in [6.07, 6.45) is 1.16. The number of hydrogen-bond donors (Lipinski definition) is 1. The van der Waals surface area contributed by atoms with Gasteiger partial charge >= 0.3 is 0 Å². The fraction of sp³-hybridized carbons (Fsp3) is 0.438. The Kier molecular flexibility index (Phi) is 6.18. The fourth-order valence-corrected chi connectivity index (χ4v) is 2.89. The second-order valence-electron chi connectivity index (χ2n) is 5.05. The maximum absolute atomic E-state index is 4.71. The molecule has 0 spiro atoms. The number of nitrogens with zero attached hydrogens (tertiary/aromatic N) is 2. The third kappa shape index (κ3) is 5.04. The molecule has 0 saturated heterocycles. The summed E-state index contributed by atoms with van der Waals surface area (Å²) in [5.41, 5.74) is 2.26. The number of pyridine rings is 1. The molecule has 1 N–H and O–H groups in total. The van der Waals surface area contributed by atoms with Crippen molar-refractivity contribution in [2.24, 2.45) is 0 Å². The molecule has 4 heteroatoms. The van der Waals surface area contributed by atoms with Crippen LogP contribution in [-0.4, -0.2) is 23.5 Å². The summed E-state index contributed by atoms with van der Waals surface area (Å²) < 4.78 is 0. The molecule has 108 valence electrons. The van der Waals surface area contributed by atoms with Crippen molar-refractivity contribution in [3.8, 4) is 0 Å². The molecule has 3 nitrogen and oxygen atoms in total. The van der Waals surface area contributed by atoms with Crippen molar-refractivity contribution in [2.45, 2.75) is 33.0 Å². The molecule has 0 bridgehead atoms. The molecule has 0 aliphatic rings. The lowest BCUT2D eigenvalue weighted by atomic mass is 10.2. The van der Waals surface area contributed by atoms with Crippen LogP contribution in [0.15, 0.2) is 35.7 Å². The minimum Gasteiger partial charge on any atom is -0.311 e. The Morgan fingerprint density at radius 1 is 1.15 bits per heavy atom. The summed E-state index contributed by atoms with van der Waals surface area (Å²) in [5.74, 6) is 0. The van der Waals surface area contributed by atoms with Crippen LogP contribution in [0.25, 0.3) is 0 Å². The largest absolute Gasteiger partial charge is 0.311 e. The molecule has 0 fully saturated rings. The lowest BCUT2D eigenvalue weighted by Crippen LogP contribution is -2.19. The van der Waals surface area contributed by atoms with E-state index in [4.69, 9.17) is 4.98 Å². The van der Waals surface area contributed by atoms with Crippen LogP contribution in [0.3, 0.4) is 0 Å². The van der Waals surface area contributed by atoms with Gasteiger partial charge in [0.1, 0.15) is 0 Å². The van der Waals surface area contributed by atoms with Crippen LogP contribution in [0.2, 0.25) is 0 Å². The van der Waals surface area contributed by atoms with E-state index in [1.807, 2.05) is 0 Å². The second-order valence-corrected chi connectivity index (χ2v) is 6.08. The quantitative estimate of drug-likeness (QED) is 0.756. The van der Waals surface area contributed by atoms with Gasteiger partial charge in [-0.2, -0.15) is 0 Å². The molecule has 0 atom stereocenters. The second kappa shape index (κ2) is 8.15. The molecule has 0 radical (unpaired) electrons. The van der Waals surface area contributed by atoms with Crippen molar-refractivity contribution in [3.63, 3.8) is 0 Å². The SMILES string of the molecule is CCCNCc1cccc(CN(C)Cc2cccs2)n1. The van der Waals surface area contributed by atoms with Crippen molar-refractivity contribution < 1.29 is 0 Å². The van der Waals surface area contributed by atoms with Gasteiger partial charge in [0.15, 0.2) is 0 Å². The van der Waals surface area contributed by atoms with Gasteiger partial charge in [-0.15, -0.1) is 11.3 Å². The molecular weight excluding hydrogens is 266 g/mol. The van der Waals surface area contributed by atoms with Gasteiger partial charge in [0, 0.05) is 24.5 Å². The highest BCUT2D eigenvalue weighted by Gasteiger charge is 2.04. The Bertz CT molecular complexity index is 496. The number of hydrogen-bond acceptors (Lipinski definition) is 4. The van der Waals surface area contributed by atoms with Gasteiger partial charge in [0.2, 0.25) is 0 Å². The van der Waals surface area contributed by atoms with Crippen molar-refractivity contribution in [2.75, 3.05) is 13.6 Å². The topological polar surface area (TPSA) is 28.2 Å². The van der Waals surface area contributed by atoms with E-state index < -0.39 is 0 Å². The highest BCUT2D eigenvalue weighted by molar-refractivity contribution is 7.09. The Labute approximate surface area is 125 Å². The first-order valence-corrected chi connectivity index (χ1v) is 8.02. The normalized spacial score (nSPS) is 11.2. The Morgan fingerprint density at radius 2 is 2.00 bits per heavy atom. The van der Waals surface area contributed by atoms with E-state index in [0.717, 1.165) is 44.0 Å². The minimum atomic E-state index is 0.857. The number of rotatable bonds is 8. The van der Waals surface area contributed by atoms with Crippen molar-refractivity contribution in [1.82, 2.24) is 15.2 Å². The van der Waals surface area contributed by atoms with Gasteiger partial charge in [0.05, 0.1) is 11.4 Å². The van der Waals surface area contributed by atoms with Gasteiger partial charge in [-0.05, 0) is 43.6 Å². The molecule has 2 aromatic rings. The predicted octanol–water partition coefficient (Wildman–Crippen LogP) is 3.27. The number of aromatic nitrogens is 1. The molecule has 20 heavy (non-hydrogen) atoms. The zero-order valence-corrected chi connectivity index (χ0v) is 13.1. The Balaban J connectivity index is 1.86. The molecule has 0 aromatic carbocycles. The van der Waals surface area contributed by atoms with E-state index in [-0.39, 0.29) is 0 Å². The smallest absolute Gasteiger partial charge is 0.0547 e. The van der Waals surface area contributed by atoms with E-state index in [1.54, 1.807) is 11.3 Å². The average molecular weight is 289 g/mol. The molecule has 2 heterocycles. The average Bonchev–Trinajstić information content (AvgIpc) is 2.92. The number of thiophene rings is 1. The molecule has 0 aliphatic heterocycles. The first kappa shape index (κ1) is 15.2. The summed E-state index contributed by atoms with van der Waals surface area (Å²) in [7, 11) is 2.14. The van der Waals surface area contributed by atoms with Crippen LogP contribution < -0.4 is 5.32 Å². The highest BCUT2D eigenvalue weighted by Crippen LogP contribution is 2.12. The summed E-state index contributed by atoms with van der Waals surface area (Å²) in [6, 6.07) is 10.6. The van der Waals surface area contributed by atoms with Crippen LogP contribution in [0.4, 0.5) is 0 Å². The molecular formula is C16H23N3S. The van der Waals surface area contributed by atoms with Crippen molar-refractivity contribution in [1.29, 1.82) is 0 Å². The van der Waals surface area contributed by atoms with Gasteiger partial charge in [-0.1, -0.05) is 19.1 Å². The summed E-state index contributed by atoms with van der Waals surface area (Å²) in [6.45, 7) is 5.95. The predicted molar refractivity (Wildman–Crippen MR) is 85.7 cm³/mol. The van der Waals surface area contributed by atoms with E-state index >= 15 is 0 Å². The first-order valence-electron chi connectivity index (χ1n) is 7.14. The summed E-state index contributed by atoms with van der Waals surface area (Å²) in [5, 5.41) is 5.52. The van der Waals surface area contributed by atoms with Crippen LogP contribution in [0.5, 0.6) is 0 Å². The molecule has 2 rings (SSSR count). The van der Waals surface area contributed by atoms with E-state index in [0.29, 0.717) is 0 Å². The molecule has 0 saturated carbocycles. The van der Waals surface area contributed by atoms with Crippen molar-refractivity contribution >= 4 is 11.3 Å². The monoisotopic (exact) mass is 289 g/mol. The van der Waals surface area contributed by atoms with Crippen LogP contribution in [0.1, 0.15) is 29.6 Å². The standard InChI is InChI=1S/C16H23N3S/c1-3-9-17-11-14-6-4-7-15(18-14)12-19(2)13-16-8-5-10-20-16/h4-8,10,17H,3,9,11-13H2,1-2H3. The van der Waals surface area contributed by atoms with Gasteiger partial charge in [-0.25, -0.2) is 0 Å². The van der Waals surface area contributed by atoms with Gasteiger partial charge < -0.3 is 5.32 Å². The fourth-order valence-electron chi connectivity index (χ4n) is 2.11. The lowest BCUT2D eigenvalue weighted by Gasteiger charge is -2.15. The third-order valence-electron chi connectivity index (χ3n) is 3.04. The van der Waals surface area contributed by atoms with Crippen molar-refractivity contribution in [3.05, 3.63) is 52.0 Å². The molecule has 0 unspecified atom stereocenters. The van der Waals surface area contributed by atoms with E-state index in [1.165, 1.54) is 4.88 Å². The molecule has 0 aliphatic carbocycles. The molecule has 2 aromatic heterocycles. The highest BCUT2D eigenvalue weighted by atomic mass is 32.1. The first-order chi connectivity index (χ1) is 9.78. The summed E-state index contributed by atoms with van der Waals surface area (Å²) >= 11 is 1.81. The molecule has 0 amide bonds. The van der Waals surface area contributed by atoms with Gasteiger partial charge in [0.25, 0.3) is 0 Å². The zero-order chi connectivity index (χ0) is 14.2. The van der Waals surface area contributed by atoms with E-state index in [2.05, 4.69) is 59.9 Å². The Hall–Kier alpha value is -1.23. The summed E-state index contributed by atoms with van der Waals surface area (Å²) in [4.78, 5) is 8.41. The minimum absolute atomic E-state index is 0.857. The zero-order valence-electron chi connectivity index (χ0n) is 12.3. The van der Waals surface area contributed by atoms with Crippen LogP contribution in [0, 0.1) is 0 Å². The third-order valence-corrected chi connectivity index (χ3v) is 3.90. The van der Waals surface area contributed by atoms with Crippen LogP contribution >= 0.6 is 11.3 Å². The van der Waals surface area contributed by atoms with Crippen LogP contribution in [-0.2, 0) is 19.6 Å². The Morgan fingerprint density at radius 3 is 2.75 bits per heavy atom. The lowest BCUT2D eigenvalue weighted by molar-refractivity contribution is 0.317. The number of nitrogens with one attached hydrogen (secondary N) is 1. The van der Waals surface area contributed by atoms with E-state index in [9.17, 15) is 0 Å². The maximum Gasteiger partial charge on any atom is 0.0547 e. The maximum atomic E-state index is 4.71. The van der Waals surface area contributed by atoms with Gasteiger partial charge in [-0.3, -0.25) is 9.88 Å².